The molecule has 0 aliphatic heterocycles. The Balaban J connectivity index is 1.49. The first-order chi connectivity index (χ1) is 14.3. The molecule has 0 saturated heterocycles. The van der Waals surface area contributed by atoms with Crippen molar-refractivity contribution in [3.8, 4) is 0 Å². The minimum atomic E-state index is -0.979. The Morgan fingerprint density at radius 2 is 1.80 bits per heavy atom. The van der Waals surface area contributed by atoms with Crippen molar-refractivity contribution in [2.75, 3.05) is 11.9 Å². The first kappa shape index (κ1) is 22.0. The molecule has 7 heteroatoms. The fourth-order valence-corrected chi connectivity index (χ4v) is 4.68. The lowest BCUT2D eigenvalue weighted by molar-refractivity contribution is -0.130. The first-order valence-corrected chi connectivity index (χ1v) is 11.1. The number of thiophene rings is 1. The maximum Gasteiger partial charge on any atom is 0.349 e. The van der Waals surface area contributed by atoms with Crippen molar-refractivity contribution in [1.29, 1.82) is 0 Å². The van der Waals surface area contributed by atoms with Gasteiger partial charge in [0.1, 0.15) is 4.88 Å². The van der Waals surface area contributed by atoms with Crippen LogP contribution < -0.4 is 10.6 Å². The van der Waals surface area contributed by atoms with Gasteiger partial charge in [-0.05, 0) is 69.2 Å². The van der Waals surface area contributed by atoms with Gasteiger partial charge in [-0.3, -0.25) is 9.59 Å². The molecule has 160 valence electrons. The number of anilines is 1. The molecule has 1 aromatic heterocycles. The number of hydrogen-bond acceptors (Lipinski definition) is 5. The highest BCUT2D eigenvalue weighted by Gasteiger charge is 2.22. The van der Waals surface area contributed by atoms with Crippen LogP contribution in [0.5, 0.6) is 0 Å². The van der Waals surface area contributed by atoms with Gasteiger partial charge in [-0.2, -0.15) is 0 Å². The van der Waals surface area contributed by atoms with Crippen LogP contribution in [-0.4, -0.2) is 30.4 Å². The molecule has 1 aromatic carbocycles. The number of fused-ring (bicyclic) bond motifs is 1. The number of aryl methyl sites for hydroxylation is 4. The minimum absolute atomic E-state index is 0.193. The number of para-hydroxylation sites is 1. The second kappa shape index (κ2) is 9.89. The fraction of sp³-hybridized carbons (Fsp3) is 0.435. The van der Waals surface area contributed by atoms with E-state index >= 15 is 0 Å². The van der Waals surface area contributed by atoms with Crippen molar-refractivity contribution in [2.45, 2.75) is 59.0 Å². The van der Waals surface area contributed by atoms with E-state index in [1.807, 2.05) is 38.1 Å². The molecule has 1 heterocycles. The summed E-state index contributed by atoms with van der Waals surface area (Å²) in [7, 11) is 0. The van der Waals surface area contributed by atoms with Gasteiger partial charge in [0.2, 0.25) is 5.91 Å². The monoisotopic (exact) mass is 428 g/mol. The van der Waals surface area contributed by atoms with Crippen molar-refractivity contribution in [3.05, 3.63) is 50.7 Å². The lowest BCUT2D eigenvalue weighted by Crippen LogP contribution is -2.40. The lowest BCUT2D eigenvalue weighted by atomic mass is 10.1. The first-order valence-electron chi connectivity index (χ1n) is 10.3. The average molecular weight is 429 g/mol. The fourth-order valence-electron chi connectivity index (χ4n) is 3.55. The van der Waals surface area contributed by atoms with E-state index < -0.39 is 18.0 Å². The topological polar surface area (TPSA) is 84.5 Å². The third-order valence-corrected chi connectivity index (χ3v) is 6.49. The number of carbonyl (C=O) groups is 3. The van der Waals surface area contributed by atoms with Crippen LogP contribution in [0.4, 0.5) is 5.69 Å². The molecule has 2 N–H and O–H groups in total. The van der Waals surface area contributed by atoms with E-state index in [0.29, 0.717) is 4.88 Å². The molecule has 30 heavy (non-hydrogen) atoms. The number of benzene rings is 1. The van der Waals surface area contributed by atoms with E-state index in [1.54, 1.807) is 0 Å². The Hall–Kier alpha value is -2.67. The zero-order chi connectivity index (χ0) is 21.7. The summed E-state index contributed by atoms with van der Waals surface area (Å²) in [5, 5.41) is 5.34. The SMILES string of the molecule is Cc1cccc(C)c1NC(=O)CNC(=O)[C@H](C)OC(=O)c1cc2c(s1)CCCCC2. The van der Waals surface area contributed by atoms with E-state index in [0.717, 1.165) is 42.5 Å². The molecule has 0 radical (unpaired) electrons. The maximum absolute atomic E-state index is 12.4. The molecule has 2 aromatic rings. The van der Waals surface area contributed by atoms with Crippen molar-refractivity contribution in [2.24, 2.45) is 0 Å². The van der Waals surface area contributed by atoms with Crippen molar-refractivity contribution >= 4 is 34.8 Å². The summed E-state index contributed by atoms with van der Waals surface area (Å²) in [5.41, 5.74) is 3.87. The zero-order valence-corrected chi connectivity index (χ0v) is 18.5. The van der Waals surface area contributed by atoms with Crippen molar-refractivity contribution in [1.82, 2.24) is 5.32 Å². The van der Waals surface area contributed by atoms with Gasteiger partial charge in [0, 0.05) is 10.6 Å². The molecular weight excluding hydrogens is 400 g/mol. The van der Waals surface area contributed by atoms with Gasteiger partial charge in [-0.1, -0.05) is 24.6 Å². The Morgan fingerprint density at radius 1 is 1.10 bits per heavy atom. The van der Waals surface area contributed by atoms with E-state index in [-0.39, 0.29) is 12.5 Å². The third kappa shape index (κ3) is 5.48. The van der Waals surface area contributed by atoms with E-state index in [4.69, 9.17) is 4.74 Å². The lowest BCUT2D eigenvalue weighted by Gasteiger charge is -2.14. The van der Waals surface area contributed by atoms with Crippen LogP contribution in [0, 0.1) is 13.8 Å². The number of hydrogen-bond donors (Lipinski definition) is 2. The summed E-state index contributed by atoms with van der Waals surface area (Å²) in [6.45, 7) is 5.14. The van der Waals surface area contributed by atoms with Crippen molar-refractivity contribution < 1.29 is 19.1 Å². The smallest absolute Gasteiger partial charge is 0.349 e. The summed E-state index contributed by atoms with van der Waals surface area (Å²) in [5.74, 6) is -1.32. The number of ether oxygens (including phenoxy) is 1. The van der Waals surface area contributed by atoms with E-state index in [2.05, 4.69) is 10.6 Å². The third-order valence-electron chi connectivity index (χ3n) is 5.27. The molecular formula is C23H28N2O4S. The summed E-state index contributed by atoms with van der Waals surface area (Å²) >= 11 is 1.46. The average Bonchev–Trinajstić information content (AvgIpc) is 2.99. The van der Waals surface area contributed by atoms with E-state index in [1.165, 1.54) is 35.1 Å². The highest BCUT2D eigenvalue weighted by molar-refractivity contribution is 7.14. The van der Waals surface area contributed by atoms with Crippen molar-refractivity contribution in [3.63, 3.8) is 0 Å². The number of esters is 1. The molecule has 2 amide bonds. The molecule has 0 fully saturated rings. The molecule has 6 nitrogen and oxygen atoms in total. The van der Waals surface area contributed by atoms with Crippen LogP contribution in [0.2, 0.25) is 0 Å². The molecule has 0 saturated carbocycles. The van der Waals surface area contributed by atoms with Gasteiger partial charge in [-0.15, -0.1) is 11.3 Å². The number of nitrogens with one attached hydrogen (secondary N) is 2. The van der Waals surface area contributed by atoms with Gasteiger partial charge >= 0.3 is 5.97 Å². The number of carbonyl (C=O) groups excluding carboxylic acids is 3. The van der Waals surface area contributed by atoms with Crippen LogP contribution in [0.3, 0.4) is 0 Å². The molecule has 0 spiro atoms. The zero-order valence-electron chi connectivity index (χ0n) is 17.7. The van der Waals surface area contributed by atoms with Gasteiger partial charge in [0.25, 0.3) is 5.91 Å². The molecule has 3 rings (SSSR count). The molecule has 1 aliphatic rings. The highest BCUT2D eigenvalue weighted by atomic mass is 32.1. The summed E-state index contributed by atoms with van der Waals surface area (Å²) < 4.78 is 5.32. The van der Waals surface area contributed by atoms with Crippen LogP contribution in [0.1, 0.15) is 57.4 Å². The molecule has 0 bridgehead atoms. The summed E-state index contributed by atoms with van der Waals surface area (Å²) in [4.78, 5) is 38.7. The van der Waals surface area contributed by atoms with Crippen LogP contribution in [-0.2, 0) is 27.2 Å². The standard InChI is InChI=1S/C23H28N2O4S/c1-14-8-7-9-15(2)21(14)25-20(26)13-24-22(27)16(3)29-23(28)19-12-17-10-5-4-6-11-18(17)30-19/h7-9,12,16H,4-6,10-11,13H2,1-3H3,(H,24,27)(H,25,26)/t16-/m0/s1. The van der Waals surface area contributed by atoms with Gasteiger partial charge in [0.05, 0.1) is 6.54 Å². The Bertz CT molecular complexity index is 907. The molecule has 1 aliphatic carbocycles. The minimum Gasteiger partial charge on any atom is -0.448 e. The number of rotatable bonds is 6. The number of amides is 2. The van der Waals surface area contributed by atoms with Gasteiger partial charge in [0.15, 0.2) is 6.10 Å². The summed E-state index contributed by atoms with van der Waals surface area (Å²) in [6.07, 6.45) is 4.51. The Labute approximate surface area is 181 Å². The van der Waals surface area contributed by atoms with Crippen LogP contribution in [0.25, 0.3) is 0 Å². The van der Waals surface area contributed by atoms with Crippen LogP contribution in [0.15, 0.2) is 24.3 Å². The molecule has 1 atom stereocenters. The predicted octanol–water partition coefficient (Wildman–Crippen LogP) is 3.93. The highest BCUT2D eigenvalue weighted by Crippen LogP contribution is 2.29. The van der Waals surface area contributed by atoms with Gasteiger partial charge < -0.3 is 15.4 Å². The normalized spacial score (nSPS) is 14.2. The quantitative estimate of drug-likeness (QED) is 0.539. The second-order valence-corrected chi connectivity index (χ2v) is 8.84. The van der Waals surface area contributed by atoms with Gasteiger partial charge in [-0.25, -0.2) is 4.79 Å². The molecule has 0 unspecified atom stereocenters. The largest absolute Gasteiger partial charge is 0.448 e. The van der Waals surface area contributed by atoms with E-state index in [9.17, 15) is 14.4 Å². The Morgan fingerprint density at radius 3 is 2.53 bits per heavy atom. The Kier molecular flexibility index (Phi) is 7.26. The summed E-state index contributed by atoms with van der Waals surface area (Å²) in [6, 6.07) is 7.64. The predicted molar refractivity (Wildman–Crippen MR) is 118 cm³/mol. The van der Waals surface area contributed by atoms with Crippen LogP contribution >= 0.6 is 11.3 Å². The second-order valence-electron chi connectivity index (χ2n) is 7.70. The maximum atomic E-state index is 12.4.